The molecule has 2 amide bonds. The number of carbonyl (C=O) groups excluding carboxylic acids is 2. The molecule has 0 aromatic heterocycles. The summed E-state index contributed by atoms with van der Waals surface area (Å²) in [6, 6.07) is 24.1. The van der Waals surface area contributed by atoms with Gasteiger partial charge in [0.05, 0.1) is 11.9 Å². The topological polar surface area (TPSA) is 86.8 Å². The Morgan fingerprint density at radius 1 is 0.895 bits per heavy atom. The maximum atomic E-state index is 14.0. The highest BCUT2D eigenvalue weighted by Gasteiger charge is 2.33. The number of halogens is 1. The van der Waals surface area contributed by atoms with Gasteiger partial charge in [-0.1, -0.05) is 92.2 Å². The first-order chi connectivity index (χ1) is 18.1. The van der Waals surface area contributed by atoms with Crippen LogP contribution in [0.15, 0.2) is 84.9 Å². The number of nitrogens with one attached hydrogen (secondary N) is 1. The Balaban J connectivity index is 2.04. The van der Waals surface area contributed by atoms with Crippen LogP contribution >= 0.6 is 11.6 Å². The number of benzene rings is 3. The van der Waals surface area contributed by atoms with Gasteiger partial charge in [-0.25, -0.2) is 8.42 Å². The van der Waals surface area contributed by atoms with Gasteiger partial charge in [-0.15, -0.1) is 0 Å². The highest BCUT2D eigenvalue weighted by atomic mass is 35.5. The van der Waals surface area contributed by atoms with Crippen LogP contribution < -0.4 is 9.62 Å². The zero-order valence-corrected chi connectivity index (χ0v) is 23.5. The van der Waals surface area contributed by atoms with E-state index in [1.54, 1.807) is 48.5 Å². The summed E-state index contributed by atoms with van der Waals surface area (Å²) >= 11 is 6.45. The van der Waals surface area contributed by atoms with Gasteiger partial charge >= 0.3 is 0 Å². The van der Waals surface area contributed by atoms with Crippen LogP contribution in [0.25, 0.3) is 0 Å². The summed E-state index contributed by atoms with van der Waals surface area (Å²) in [5.74, 6) is -0.615. The minimum atomic E-state index is -3.79. The predicted molar refractivity (Wildman–Crippen MR) is 152 cm³/mol. The molecule has 0 saturated carbocycles. The number of anilines is 1. The number of amides is 2. The lowest BCUT2D eigenvalue weighted by Gasteiger charge is -2.33. The molecule has 0 fully saturated rings. The van der Waals surface area contributed by atoms with Crippen LogP contribution in [0.5, 0.6) is 0 Å². The largest absolute Gasteiger partial charge is 0.354 e. The molecule has 0 spiro atoms. The van der Waals surface area contributed by atoms with Gasteiger partial charge in [-0.3, -0.25) is 13.9 Å². The van der Waals surface area contributed by atoms with Crippen molar-refractivity contribution >= 4 is 39.1 Å². The van der Waals surface area contributed by atoms with Crippen molar-refractivity contribution in [3.8, 4) is 0 Å². The molecule has 0 aliphatic rings. The molecule has 9 heteroatoms. The lowest BCUT2D eigenvalue weighted by atomic mass is 10.0. The van der Waals surface area contributed by atoms with Crippen LogP contribution in [0.3, 0.4) is 0 Å². The van der Waals surface area contributed by atoms with E-state index in [-0.39, 0.29) is 24.8 Å². The molecule has 0 radical (unpaired) electrons. The zero-order chi connectivity index (χ0) is 27.7. The molecular weight excluding hydrogens is 522 g/mol. The fraction of sp³-hybridized carbons (Fsp3) is 0.310. The summed E-state index contributed by atoms with van der Waals surface area (Å²) in [4.78, 5) is 29.0. The molecular formula is C29H34ClN3O4S. The maximum absolute atomic E-state index is 14.0. The molecule has 3 aromatic carbocycles. The van der Waals surface area contributed by atoms with Crippen molar-refractivity contribution in [3.63, 3.8) is 0 Å². The normalized spacial score (nSPS) is 12.1. The van der Waals surface area contributed by atoms with Crippen molar-refractivity contribution in [2.45, 2.75) is 32.9 Å². The van der Waals surface area contributed by atoms with Gasteiger partial charge in [0.1, 0.15) is 12.6 Å². The SMILES string of the molecule is CC(C)CNC(=O)[C@H](Cc1ccccc1)N(Cc1ccccc1Cl)C(=O)CN(c1ccccc1)S(C)(=O)=O. The van der Waals surface area contributed by atoms with Crippen molar-refractivity contribution in [1.82, 2.24) is 10.2 Å². The molecule has 1 atom stereocenters. The Kier molecular flexibility index (Phi) is 10.3. The highest BCUT2D eigenvalue weighted by molar-refractivity contribution is 7.92. The van der Waals surface area contributed by atoms with E-state index in [9.17, 15) is 18.0 Å². The average Bonchev–Trinajstić information content (AvgIpc) is 2.89. The predicted octanol–water partition coefficient (Wildman–Crippen LogP) is 4.52. The molecule has 0 unspecified atom stereocenters. The Bertz CT molecular complexity index is 1320. The lowest BCUT2D eigenvalue weighted by molar-refractivity contribution is -0.140. The van der Waals surface area contributed by atoms with Gasteiger partial charge in [-0.05, 0) is 35.2 Å². The quantitative estimate of drug-likeness (QED) is 0.356. The van der Waals surface area contributed by atoms with Gasteiger partial charge in [0.2, 0.25) is 21.8 Å². The summed E-state index contributed by atoms with van der Waals surface area (Å²) in [5, 5.41) is 3.41. The van der Waals surface area contributed by atoms with Crippen LogP contribution in [-0.4, -0.2) is 50.5 Å². The van der Waals surface area contributed by atoms with E-state index in [2.05, 4.69) is 5.32 Å². The van der Waals surface area contributed by atoms with Gasteiger partial charge < -0.3 is 10.2 Å². The molecule has 7 nitrogen and oxygen atoms in total. The molecule has 0 saturated heterocycles. The van der Waals surface area contributed by atoms with Crippen molar-refractivity contribution < 1.29 is 18.0 Å². The minimum absolute atomic E-state index is 0.0392. The third-order valence-corrected chi connectivity index (χ3v) is 7.49. The van der Waals surface area contributed by atoms with Crippen LogP contribution in [0.4, 0.5) is 5.69 Å². The summed E-state index contributed by atoms with van der Waals surface area (Å²) in [6.45, 7) is 4.00. The monoisotopic (exact) mass is 555 g/mol. The molecule has 0 bridgehead atoms. The summed E-state index contributed by atoms with van der Waals surface area (Å²) in [7, 11) is -3.79. The first-order valence-corrected chi connectivity index (χ1v) is 14.7. The second-order valence-corrected chi connectivity index (χ2v) is 11.9. The smallest absolute Gasteiger partial charge is 0.244 e. The summed E-state index contributed by atoms with van der Waals surface area (Å²) in [6.07, 6.45) is 1.31. The Morgan fingerprint density at radius 2 is 1.47 bits per heavy atom. The zero-order valence-electron chi connectivity index (χ0n) is 21.9. The molecule has 0 heterocycles. The number of nitrogens with zero attached hydrogens (tertiary/aromatic N) is 2. The Hall–Kier alpha value is -3.36. The molecule has 0 aliphatic carbocycles. The number of hydrogen-bond acceptors (Lipinski definition) is 4. The molecule has 38 heavy (non-hydrogen) atoms. The van der Waals surface area contributed by atoms with Gasteiger partial charge in [0.15, 0.2) is 0 Å². The molecule has 202 valence electrons. The minimum Gasteiger partial charge on any atom is -0.354 e. The maximum Gasteiger partial charge on any atom is 0.244 e. The van der Waals surface area contributed by atoms with Crippen molar-refractivity contribution in [2.24, 2.45) is 5.92 Å². The van der Waals surface area contributed by atoms with Gasteiger partial charge in [0.25, 0.3) is 0 Å². The second-order valence-electron chi connectivity index (χ2n) is 9.56. The van der Waals surface area contributed by atoms with Crippen molar-refractivity contribution in [2.75, 3.05) is 23.7 Å². The van der Waals surface area contributed by atoms with Crippen LogP contribution in [0.2, 0.25) is 5.02 Å². The fourth-order valence-corrected chi connectivity index (χ4v) is 5.04. The van der Waals surface area contributed by atoms with E-state index in [0.717, 1.165) is 16.1 Å². The second kappa shape index (κ2) is 13.4. The average molecular weight is 556 g/mol. The van der Waals surface area contributed by atoms with E-state index >= 15 is 0 Å². The summed E-state index contributed by atoms with van der Waals surface area (Å²) < 4.78 is 26.5. The molecule has 0 aliphatic heterocycles. The van der Waals surface area contributed by atoms with Crippen LogP contribution in [0, 0.1) is 5.92 Å². The lowest BCUT2D eigenvalue weighted by Crippen LogP contribution is -2.53. The number of rotatable bonds is 12. The third kappa shape index (κ3) is 8.33. The van der Waals surface area contributed by atoms with E-state index in [0.29, 0.717) is 22.8 Å². The number of carbonyl (C=O) groups is 2. The van der Waals surface area contributed by atoms with E-state index in [1.807, 2.05) is 50.2 Å². The van der Waals surface area contributed by atoms with Crippen LogP contribution in [-0.2, 0) is 32.6 Å². The van der Waals surface area contributed by atoms with E-state index in [4.69, 9.17) is 11.6 Å². The van der Waals surface area contributed by atoms with E-state index in [1.165, 1.54) is 4.90 Å². The molecule has 1 N–H and O–H groups in total. The first kappa shape index (κ1) is 29.2. The van der Waals surface area contributed by atoms with Crippen molar-refractivity contribution in [1.29, 1.82) is 0 Å². The van der Waals surface area contributed by atoms with Gasteiger partial charge in [0, 0.05) is 24.5 Å². The Morgan fingerprint density at radius 3 is 2.05 bits per heavy atom. The first-order valence-electron chi connectivity index (χ1n) is 12.4. The molecule has 3 aromatic rings. The third-order valence-electron chi connectivity index (χ3n) is 5.98. The fourth-order valence-electron chi connectivity index (χ4n) is 3.99. The Labute approximate surface area is 230 Å². The van der Waals surface area contributed by atoms with Crippen LogP contribution in [0.1, 0.15) is 25.0 Å². The number of hydrogen-bond donors (Lipinski definition) is 1. The highest BCUT2D eigenvalue weighted by Crippen LogP contribution is 2.22. The standard InChI is InChI=1S/C29H34ClN3O4S/c1-22(2)19-31-29(35)27(18-23-12-6-4-7-13-23)32(20-24-14-10-11-17-26(24)30)28(34)21-33(38(3,36)37)25-15-8-5-9-16-25/h4-17,22,27H,18-21H2,1-3H3,(H,31,35)/t27-/m0/s1. The number of para-hydroxylation sites is 1. The number of sulfonamides is 1. The van der Waals surface area contributed by atoms with Gasteiger partial charge in [-0.2, -0.15) is 0 Å². The van der Waals surface area contributed by atoms with E-state index < -0.39 is 28.5 Å². The van der Waals surface area contributed by atoms with Crippen molar-refractivity contribution in [3.05, 3.63) is 101 Å². The summed E-state index contributed by atoms with van der Waals surface area (Å²) in [5.41, 5.74) is 1.89. The molecule has 3 rings (SSSR count).